The Kier molecular flexibility index (Phi) is 6.23. The molecule has 0 bridgehead atoms. The number of carbonyl (C=O) groups is 1. The fourth-order valence-corrected chi connectivity index (χ4v) is 4.20. The predicted octanol–water partition coefficient (Wildman–Crippen LogP) is 2.64. The van der Waals surface area contributed by atoms with Gasteiger partial charge in [-0.25, -0.2) is 4.98 Å². The van der Waals surface area contributed by atoms with E-state index in [4.69, 9.17) is 9.47 Å². The molecule has 0 spiro atoms. The van der Waals surface area contributed by atoms with Crippen molar-refractivity contribution in [3.05, 3.63) is 58.4 Å². The summed E-state index contributed by atoms with van der Waals surface area (Å²) in [6, 6.07) is 13.1. The van der Waals surface area contributed by atoms with E-state index in [0.29, 0.717) is 48.8 Å². The summed E-state index contributed by atoms with van der Waals surface area (Å²) in [6.07, 6.45) is 0.695. The molecule has 0 saturated heterocycles. The van der Waals surface area contributed by atoms with Gasteiger partial charge in [-0.15, -0.1) is 0 Å². The molecular weight excluding hydrogens is 402 g/mol. The number of aromatic nitrogens is 2. The van der Waals surface area contributed by atoms with E-state index in [0.717, 1.165) is 17.1 Å². The van der Waals surface area contributed by atoms with Crippen LogP contribution in [0.4, 0.5) is 0 Å². The van der Waals surface area contributed by atoms with E-state index in [2.05, 4.69) is 10.3 Å². The van der Waals surface area contributed by atoms with Gasteiger partial charge in [0.25, 0.3) is 5.56 Å². The zero-order valence-corrected chi connectivity index (χ0v) is 17.5. The minimum atomic E-state index is -0.0948. The lowest BCUT2D eigenvalue weighted by Gasteiger charge is -2.18. The molecule has 7 nitrogen and oxygen atoms in total. The second-order valence-corrected chi connectivity index (χ2v) is 7.77. The number of hydrogen-bond donors (Lipinski definition) is 1. The molecule has 30 heavy (non-hydrogen) atoms. The molecule has 0 fully saturated rings. The molecule has 1 aliphatic rings. The van der Waals surface area contributed by atoms with Gasteiger partial charge in [-0.1, -0.05) is 30.0 Å². The molecule has 2 heterocycles. The molecule has 0 saturated carbocycles. The Morgan fingerprint density at radius 3 is 2.80 bits per heavy atom. The highest BCUT2D eigenvalue weighted by molar-refractivity contribution is 7.99. The SMILES string of the molecule is CCn1c(SCC(=O)NCCc2ccc3c(c2)OCCO3)nc2ccccc2c1=O. The Labute approximate surface area is 178 Å². The summed E-state index contributed by atoms with van der Waals surface area (Å²) in [7, 11) is 0. The number of nitrogens with one attached hydrogen (secondary N) is 1. The van der Waals surface area contributed by atoms with Crippen LogP contribution in [0, 0.1) is 0 Å². The van der Waals surface area contributed by atoms with Gasteiger partial charge in [0.2, 0.25) is 5.91 Å². The zero-order chi connectivity index (χ0) is 20.9. The molecule has 8 heteroatoms. The Morgan fingerprint density at radius 2 is 1.97 bits per heavy atom. The molecular formula is C22H23N3O4S. The van der Waals surface area contributed by atoms with E-state index in [1.165, 1.54) is 11.8 Å². The molecule has 0 radical (unpaired) electrons. The van der Waals surface area contributed by atoms with Crippen LogP contribution in [0.1, 0.15) is 12.5 Å². The molecule has 4 rings (SSSR count). The van der Waals surface area contributed by atoms with Crippen molar-refractivity contribution < 1.29 is 14.3 Å². The number of carbonyl (C=O) groups excluding carboxylic acids is 1. The maximum absolute atomic E-state index is 12.6. The van der Waals surface area contributed by atoms with Crippen LogP contribution in [0.25, 0.3) is 10.9 Å². The highest BCUT2D eigenvalue weighted by atomic mass is 32.2. The van der Waals surface area contributed by atoms with Crippen molar-refractivity contribution in [3.8, 4) is 11.5 Å². The minimum absolute atomic E-state index is 0.0791. The quantitative estimate of drug-likeness (QED) is 0.463. The van der Waals surface area contributed by atoms with Crippen LogP contribution in [0.3, 0.4) is 0 Å². The monoisotopic (exact) mass is 425 g/mol. The van der Waals surface area contributed by atoms with E-state index in [-0.39, 0.29) is 17.2 Å². The van der Waals surface area contributed by atoms with Crippen molar-refractivity contribution in [2.24, 2.45) is 0 Å². The molecule has 0 aliphatic carbocycles. The molecule has 3 aromatic rings. The minimum Gasteiger partial charge on any atom is -0.486 e. The highest BCUT2D eigenvalue weighted by Gasteiger charge is 2.13. The van der Waals surface area contributed by atoms with Gasteiger partial charge in [0.05, 0.1) is 16.7 Å². The third kappa shape index (κ3) is 4.43. The smallest absolute Gasteiger partial charge is 0.262 e. The third-order valence-electron chi connectivity index (χ3n) is 4.82. The number of rotatable bonds is 7. The van der Waals surface area contributed by atoms with Crippen LogP contribution >= 0.6 is 11.8 Å². The molecule has 1 amide bonds. The van der Waals surface area contributed by atoms with Crippen LogP contribution in [0.2, 0.25) is 0 Å². The van der Waals surface area contributed by atoms with Gasteiger partial charge in [0.15, 0.2) is 16.7 Å². The van der Waals surface area contributed by atoms with Crippen molar-refractivity contribution in [1.29, 1.82) is 0 Å². The van der Waals surface area contributed by atoms with Crippen molar-refractivity contribution in [2.45, 2.75) is 25.0 Å². The van der Waals surface area contributed by atoms with Crippen LogP contribution in [-0.4, -0.2) is 41.0 Å². The number of nitrogens with zero attached hydrogens (tertiary/aromatic N) is 2. The summed E-state index contributed by atoms with van der Waals surface area (Å²) in [4.78, 5) is 29.5. The second-order valence-electron chi connectivity index (χ2n) is 6.83. The molecule has 1 aromatic heterocycles. The highest BCUT2D eigenvalue weighted by Crippen LogP contribution is 2.30. The van der Waals surface area contributed by atoms with Crippen LogP contribution < -0.4 is 20.3 Å². The molecule has 2 aromatic carbocycles. The predicted molar refractivity (Wildman–Crippen MR) is 117 cm³/mol. The Bertz CT molecular complexity index is 1130. The summed E-state index contributed by atoms with van der Waals surface area (Å²) in [5.74, 6) is 1.62. The van der Waals surface area contributed by atoms with Crippen molar-refractivity contribution in [3.63, 3.8) is 0 Å². The fraction of sp³-hybridized carbons (Fsp3) is 0.318. The summed E-state index contributed by atoms with van der Waals surface area (Å²) >= 11 is 1.28. The average molecular weight is 426 g/mol. The summed E-state index contributed by atoms with van der Waals surface area (Å²) in [5.41, 5.74) is 1.64. The molecule has 0 unspecified atom stereocenters. The van der Waals surface area contributed by atoms with E-state index in [1.807, 2.05) is 43.3 Å². The Balaban J connectivity index is 1.33. The molecule has 1 N–H and O–H groups in total. The maximum atomic E-state index is 12.6. The summed E-state index contributed by atoms with van der Waals surface area (Å²) in [5, 5.41) is 4.07. The molecule has 0 atom stereocenters. The lowest BCUT2D eigenvalue weighted by Crippen LogP contribution is -2.28. The van der Waals surface area contributed by atoms with Crippen LogP contribution in [-0.2, 0) is 17.8 Å². The van der Waals surface area contributed by atoms with E-state index in [9.17, 15) is 9.59 Å². The zero-order valence-electron chi connectivity index (χ0n) is 16.7. The van der Waals surface area contributed by atoms with Gasteiger partial charge < -0.3 is 14.8 Å². The topological polar surface area (TPSA) is 82.5 Å². The van der Waals surface area contributed by atoms with Crippen molar-refractivity contribution in [2.75, 3.05) is 25.5 Å². The fourth-order valence-electron chi connectivity index (χ4n) is 3.31. The van der Waals surface area contributed by atoms with Gasteiger partial charge in [-0.3, -0.25) is 14.2 Å². The second kappa shape index (κ2) is 9.21. The lowest BCUT2D eigenvalue weighted by molar-refractivity contribution is -0.118. The van der Waals surface area contributed by atoms with E-state index in [1.54, 1.807) is 10.6 Å². The average Bonchev–Trinajstić information content (AvgIpc) is 2.78. The first-order chi connectivity index (χ1) is 14.7. The third-order valence-corrected chi connectivity index (χ3v) is 5.79. The van der Waals surface area contributed by atoms with E-state index < -0.39 is 0 Å². The van der Waals surface area contributed by atoms with E-state index >= 15 is 0 Å². The number of amides is 1. The number of benzene rings is 2. The number of ether oxygens (including phenoxy) is 2. The first-order valence-corrected chi connectivity index (χ1v) is 10.9. The number of thioether (sulfide) groups is 1. The Morgan fingerprint density at radius 1 is 1.17 bits per heavy atom. The van der Waals surface area contributed by atoms with Gasteiger partial charge in [-0.05, 0) is 43.2 Å². The van der Waals surface area contributed by atoms with Crippen LogP contribution in [0.5, 0.6) is 11.5 Å². The van der Waals surface area contributed by atoms with Gasteiger partial charge >= 0.3 is 0 Å². The molecule has 1 aliphatic heterocycles. The van der Waals surface area contributed by atoms with Crippen LogP contribution in [0.15, 0.2) is 52.4 Å². The summed E-state index contributed by atoms with van der Waals surface area (Å²) < 4.78 is 12.7. The maximum Gasteiger partial charge on any atom is 0.262 e. The number of fused-ring (bicyclic) bond motifs is 2. The standard InChI is InChI=1S/C22H23N3O4S/c1-2-25-21(27)16-5-3-4-6-17(16)24-22(25)30-14-20(26)23-10-9-15-7-8-18-19(13-15)29-12-11-28-18/h3-8,13H,2,9-12,14H2,1H3,(H,23,26). The normalized spacial score (nSPS) is 12.7. The first-order valence-electron chi connectivity index (χ1n) is 9.93. The van der Waals surface area contributed by atoms with Crippen molar-refractivity contribution >= 4 is 28.6 Å². The number of hydrogen-bond acceptors (Lipinski definition) is 6. The largest absolute Gasteiger partial charge is 0.486 e. The first kappa shape index (κ1) is 20.3. The number of para-hydroxylation sites is 1. The van der Waals surface area contributed by atoms with Crippen molar-refractivity contribution in [1.82, 2.24) is 14.9 Å². The van der Waals surface area contributed by atoms with Gasteiger partial charge in [0.1, 0.15) is 13.2 Å². The van der Waals surface area contributed by atoms with Gasteiger partial charge in [0, 0.05) is 13.1 Å². The van der Waals surface area contributed by atoms with Gasteiger partial charge in [-0.2, -0.15) is 0 Å². The Hall–Kier alpha value is -3.00. The molecule has 156 valence electrons. The summed E-state index contributed by atoms with van der Waals surface area (Å²) in [6.45, 7) is 4.04. The lowest BCUT2D eigenvalue weighted by atomic mass is 10.1.